The molecule has 196 valence electrons. The first kappa shape index (κ1) is 28.5. The molecule has 0 fully saturated rings. The van der Waals surface area contributed by atoms with Crippen LogP contribution in [0, 0.1) is 0 Å². The number of para-hydroxylation sites is 2. The molecule has 0 atom stereocenters. The summed E-state index contributed by atoms with van der Waals surface area (Å²) in [5.41, 5.74) is 9.10. The molecule has 0 saturated carbocycles. The molecule has 4 heteroatoms. The van der Waals surface area contributed by atoms with Gasteiger partial charge in [-0.05, 0) is 23.7 Å². The normalized spacial score (nSPS) is 11.6. The molecule has 0 unspecified atom stereocenters. The first-order valence-electron chi connectivity index (χ1n) is 13.3. The smallest absolute Gasteiger partial charge is 0.336 e. The van der Waals surface area contributed by atoms with Crippen LogP contribution in [0.3, 0.4) is 0 Å². The van der Waals surface area contributed by atoms with Crippen molar-refractivity contribution in [2.24, 2.45) is 0 Å². The van der Waals surface area contributed by atoms with E-state index in [0.717, 1.165) is 16.9 Å². The van der Waals surface area contributed by atoms with E-state index in [2.05, 4.69) is 115 Å². The van der Waals surface area contributed by atoms with Crippen molar-refractivity contribution in [2.45, 2.75) is 79.1 Å². The summed E-state index contributed by atoms with van der Waals surface area (Å²) in [5, 5.41) is 12.0. The van der Waals surface area contributed by atoms with Crippen molar-refractivity contribution in [2.75, 3.05) is 0 Å². The van der Waals surface area contributed by atoms with Crippen molar-refractivity contribution in [3.8, 4) is 28.5 Å². The Hall–Kier alpha value is -3.04. The van der Waals surface area contributed by atoms with Gasteiger partial charge in [-0.25, -0.2) is 0 Å². The molecule has 3 nitrogen and oxygen atoms in total. The van der Waals surface area contributed by atoms with Crippen LogP contribution in [0.25, 0.3) is 22.6 Å². The third-order valence-electron chi connectivity index (χ3n) is 7.13. The SMILES string of the molecule is CC(C)c1cccc(C(C)C)c1-n1c[n+](-c2c(C(C)C)cccc2C(C)C)c(O)c1-c1ccccc1.[Cl-]. The van der Waals surface area contributed by atoms with Gasteiger partial charge in [0.1, 0.15) is 11.4 Å². The van der Waals surface area contributed by atoms with Crippen LogP contribution in [-0.2, 0) is 0 Å². The van der Waals surface area contributed by atoms with Crippen molar-refractivity contribution < 1.29 is 22.1 Å². The van der Waals surface area contributed by atoms with Crippen LogP contribution in [0.15, 0.2) is 73.1 Å². The van der Waals surface area contributed by atoms with E-state index in [-0.39, 0.29) is 18.3 Å². The quantitative estimate of drug-likeness (QED) is 0.317. The monoisotopic (exact) mass is 516 g/mol. The molecule has 3 aromatic carbocycles. The fourth-order valence-electron chi connectivity index (χ4n) is 5.23. The minimum Gasteiger partial charge on any atom is -1.00 e. The summed E-state index contributed by atoms with van der Waals surface area (Å²) in [4.78, 5) is 0. The molecule has 4 aromatic rings. The maximum absolute atomic E-state index is 12.0. The lowest BCUT2D eigenvalue weighted by molar-refractivity contribution is -0.603. The second-order valence-electron chi connectivity index (χ2n) is 11.1. The molecule has 1 aromatic heterocycles. The number of aromatic hydroxyl groups is 1. The Labute approximate surface area is 229 Å². The zero-order valence-corrected chi connectivity index (χ0v) is 24.2. The van der Waals surface area contributed by atoms with E-state index < -0.39 is 0 Å². The zero-order chi connectivity index (χ0) is 26.1. The van der Waals surface area contributed by atoms with Crippen molar-refractivity contribution in [1.29, 1.82) is 0 Å². The molecule has 1 heterocycles. The Kier molecular flexibility index (Phi) is 8.92. The average molecular weight is 517 g/mol. The van der Waals surface area contributed by atoms with Gasteiger partial charge >= 0.3 is 5.88 Å². The number of aromatic nitrogens is 2. The summed E-state index contributed by atoms with van der Waals surface area (Å²) in [6.45, 7) is 17.9. The van der Waals surface area contributed by atoms with Crippen LogP contribution in [0.5, 0.6) is 5.88 Å². The fourth-order valence-corrected chi connectivity index (χ4v) is 5.23. The standard InChI is InChI=1S/C33H40N2O.ClH/c1-21(2)26-16-12-17-27(22(3)4)31(26)34-20-35(33(36)30(34)25-14-10-9-11-15-25)32-28(23(5)6)18-13-19-29(32)24(7)8;/h9-24H,1-8H3;1H. The molecular formula is C33H41ClN2O. The highest BCUT2D eigenvalue weighted by Crippen LogP contribution is 2.38. The van der Waals surface area contributed by atoms with Gasteiger partial charge in [-0.2, -0.15) is 9.13 Å². The molecule has 0 amide bonds. The largest absolute Gasteiger partial charge is 1.00 e. The molecule has 0 bridgehead atoms. The van der Waals surface area contributed by atoms with Gasteiger partial charge in [0.2, 0.25) is 5.69 Å². The van der Waals surface area contributed by atoms with Crippen molar-refractivity contribution in [3.05, 3.63) is 95.3 Å². The van der Waals surface area contributed by atoms with Gasteiger partial charge in [0.05, 0.1) is 0 Å². The Balaban J connectivity index is 0.00000380. The van der Waals surface area contributed by atoms with Crippen LogP contribution in [0.1, 0.15) is 101 Å². The number of halogens is 1. The van der Waals surface area contributed by atoms with Crippen LogP contribution in [0.2, 0.25) is 0 Å². The third kappa shape index (κ3) is 5.33. The second-order valence-corrected chi connectivity index (χ2v) is 11.1. The van der Waals surface area contributed by atoms with Crippen molar-refractivity contribution in [1.82, 2.24) is 4.57 Å². The minimum absolute atomic E-state index is 0. The summed E-state index contributed by atoms with van der Waals surface area (Å²) in [6.07, 6.45) is 2.11. The van der Waals surface area contributed by atoms with Crippen LogP contribution < -0.4 is 17.0 Å². The molecule has 0 aliphatic carbocycles. The Morgan fingerprint density at radius 3 is 1.46 bits per heavy atom. The van der Waals surface area contributed by atoms with Gasteiger partial charge in [0.15, 0.2) is 0 Å². The van der Waals surface area contributed by atoms with Gasteiger partial charge in [-0.3, -0.25) is 0 Å². The Morgan fingerprint density at radius 1 is 0.595 bits per heavy atom. The summed E-state index contributed by atoms with van der Waals surface area (Å²) in [6, 6.07) is 23.4. The molecule has 37 heavy (non-hydrogen) atoms. The summed E-state index contributed by atoms with van der Waals surface area (Å²) in [7, 11) is 0. The van der Waals surface area contributed by atoms with Crippen molar-refractivity contribution >= 4 is 0 Å². The van der Waals surface area contributed by atoms with E-state index in [9.17, 15) is 5.11 Å². The summed E-state index contributed by atoms with van der Waals surface area (Å²) < 4.78 is 4.25. The highest BCUT2D eigenvalue weighted by Gasteiger charge is 2.33. The van der Waals surface area contributed by atoms with Gasteiger partial charge in [-0.1, -0.05) is 122 Å². The van der Waals surface area contributed by atoms with E-state index in [1.165, 1.54) is 27.9 Å². The number of nitrogens with zero attached hydrogens (tertiary/aromatic N) is 2. The van der Waals surface area contributed by atoms with Crippen LogP contribution in [-0.4, -0.2) is 9.67 Å². The second kappa shape index (κ2) is 11.6. The predicted molar refractivity (Wildman–Crippen MR) is 151 cm³/mol. The Bertz CT molecular complexity index is 1300. The molecule has 0 saturated heterocycles. The van der Waals surface area contributed by atoms with Crippen molar-refractivity contribution in [3.63, 3.8) is 0 Å². The van der Waals surface area contributed by atoms with Gasteiger partial charge in [0, 0.05) is 27.8 Å². The number of rotatable bonds is 7. The van der Waals surface area contributed by atoms with E-state index in [1.54, 1.807) is 0 Å². The lowest BCUT2D eigenvalue weighted by Gasteiger charge is -2.17. The van der Waals surface area contributed by atoms with E-state index >= 15 is 0 Å². The number of imidazole rings is 1. The Morgan fingerprint density at radius 2 is 1.03 bits per heavy atom. The number of benzene rings is 3. The maximum atomic E-state index is 12.0. The average Bonchev–Trinajstić information content (AvgIpc) is 3.19. The highest BCUT2D eigenvalue weighted by atomic mass is 35.5. The topological polar surface area (TPSA) is 29.0 Å². The van der Waals surface area contributed by atoms with E-state index in [0.29, 0.717) is 23.7 Å². The highest BCUT2D eigenvalue weighted by molar-refractivity contribution is 5.68. The third-order valence-corrected chi connectivity index (χ3v) is 7.13. The zero-order valence-electron chi connectivity index (χ0n) is 23.5. The van der Waals surface area contributed by atoms with Crippen LogP contribution in [0.4, 0.5) is 0 Å². The minimum atomic E-state index is 0. The molecular weight excluding hydrogens is 476 g/mol. The molecule has 4 rings (SSSR count). The number of hydrogen-bond acceptors (Lipinski definition) is 1. The summed E-state index contributed by atoms with van der Waals surface area (Å²) >= 11 is 0. The first-order chi connectivity index (χ1) is 17.1. The summed E-state index contributed by atoms with van der Waals surface area (Å²) in [5.74, 6) is 1.60. The van der Waals surface area contributed by atoms with Crippen LogP contribution >= 0.6 is 0 Å². The van der Waals surface area contributed by atoms with E-state index in [1.807, 2.05) is 22.8 Å². The van der Waals surface area contributed by atoms with Gasteiger partial charge < -0.3 is 17.5 Å². The lowest BCUT2D eigenvalue weighted by Crippen LogP contribution is -3.00. The fraction of sp³-hybridized carbons (Fsp3) is 0.364. The van der Waals surface area contributed by atoms with E-state index in [4.69, 9.17) is 0 Å². The first-order valence-corrected chi connectivity index (χ1v) is 13.3. The predicted octanol–water partition coefficient (Wildman–Crippen LogP) is 5.62. The molecule has 0 aliphatic heterocycles. The van der Waals surface area contributed by atoms with Gasteiger partial charge in [0.25, 0.3) is 6.33 Å². The molecule has 0 radical (unpaired) electrons. The lowest BCUT2D eigenvalue weighted by atomic mass is 9.92. The molecule has 1 N–H and O–H groups in total. The molecule has 0 aliphatic rings. The maximum Gasteiger partial charge on any atom is 0.336 e. The van der Waals surface area contributed by atoms with Gasteiger partial charge in [-0.15, -0.1) is 0 Å². The number of hydrogen-bond donors (Lipinski definition) is 1. The molecule has 0 spiro atoms.